The van der Waals surface area contributed by atoms with Gasteiger partial charge in [0.2, 0.25) is 5.91 Å². The molecule has 7 nitrogen and oxygen atoms in total. The average molecular weight is 333 g/mol. The first kappa shape index (κ1) is 16.7. The van der Waals surface area contributed by atoms with Crippen LogP contribution in [0.25, 0.3) is 0 Å². The molecule has 0 saturated carbocycles. The molecule has 1 saturated heterocycles. The van der Waals surface area contributed by atoms with E-state index in [1.165, 1.54) is 0 Å². The Morgan fingerprint density at radius 3 is 2.96 bits per heavy atom. The molecule has 1 fully saturated rings. The van der Waals surface area contributed by atoms with Crippen molar-refractivity contribution in [1.82, 2.24) is 10.2 Å². The van der Waals surface area contributed by atoms with E-state index in [0.717, 1.165) is 44.1 Å². The number of ether oxygens (including phenoxy) is 2. The number of amides is 2. The normalized spacial score (nSPS) is 17.8. The Labute approximate surface area is 141 Å². The monoisotopic (exact) mass is 333 g/mol. The van der Waals surface area contributed by atoms with E-state index in [4.69, 9.17) is 9.47 Å². The molecule has 2 amide bonds. The fraction of sp³-hybridized carbons (Fsp3) is 0.529. The quantitative estimate of drug-likeness (QED) is 0.788. The van der Waals surface area contributed by atoms with Crippen LogP contribution in [-0.2, 0) is 20.7 Å². The van der Waals surface area contributed by atoms with Crippen LogP contribution < -0.4 is 15.4 Å². The molecule has 0 aliphatic carbocycles. The molecule has 0 unspecified atom stereocenters. The Hall–Kier alpha value is -2.12. The highest BCUT2D eigenvalue weighted by atomic mass is 16.5. The summed E-state index contributed by atoms with van der Waals surface area (Å²) in [5, 5.41) is 5.69. The maximum Gasteiger partial charge on any atom is 0.257 e. The van der Waals surface area contributed by atoms with Crippen LogP contribution in [0.5, 0.6) is 5.75 Å². The highest BCUT2D eigenvalue weighted by molar-refractivity contribution is 5.94. The summed E-state index contributed by atoms with van der Waals surface area (Å²) < 4.78 is 10.8. The second kappa shape index (κ2) is 8.12. The van der Waals surface area contributed by atoms with Crippen molar-refractivity contribution in [2.24, 2.45) is 0 Å². The lowest BCUT2D eigenvalue weighted by atomic mass is 10.0. The van der Waals surface area contributed by atoms with Gasteiger partial charge in [-0.25, -0.2) is 0 Å². The Morgan fingerprint density at radius 1 is 1.29 bits per heavy atom. The second-order valence-corrected chi connectivity index (χ2v) is 5.96. The lowest BCUT2D eigenvalue weighted by molar-refractivity contribution is -0.123. The van der Waals surface area contributed by atoms with Crippen LogP contribution >= 0.6 is 0 Å². The molecule has 3 rings (SSSR count). The third-order valence-electron chi connectivity index (χ3n) is 4.20. The Morgan fingerprint density at radius 2 is 2.12 bits per heavy atom. The molecule has 2 aliphatic rings. The smallest absolute Gasteiger partial charge is 0.257 e. The molecule has 2 N–H and O–H groups in total. The maximum absolute atomic E-state index is 11.9. The summed E-state index contributed by atoms with van der Waals surface area (Å²) in [7, 11) is 0. The molecule has 1 aromatic rings. The maximum atomic E-state index is 11.9. The fourth-order valence-electron chi connectivity index (χ4n) is 2.83. The number of nitrogens with one attached hydrogen (secondary N) is 2. The van der Waals surface area contributed by atoms with Crippen molar-refractivity contribution >= 4 is 17.5 Å². The SMILES string of the molecule is O=C(COc1ccc2c(c1)CCC(=O)N2)NCCN1CCOCC1. The average Bonchev–Trinajstić information content (AvgIpc) is 2.61. The van der Waals surface area contributed by atoms with Gasteiger partial charge in [0.1, 0.15) is 5.75 Å². The summed E-state index contributed by atoms with van der Waals surface area (Å²) in [5.41, 5.74) is 1.87. The van der Waals surface area contributed by atoms with E-state index in [2.05, 4.69) is 15.5 Å². The van der Waals surface area contributed by atoms with Crippen molar-refractivity contribution in [3.05, 3.63) is 23.8 Å². The van der Waals surface area contributed by atoms with Gasteiger partial charge in [0.25, 0.3) is 5.91 Å². The zero-order valence-corrected chi connectivity index (χ0v) is 13.7. The summed E-state index contributed by atoms with van der Waals surface area (Å²) in [6, 6.07) is 5.47. The van der Waals surface area contributed by atoms with E-state index in [-0.39, 0.29) is 18.4 Å². The minimum absolute atomic E-state index is 0.00570. The van der Waals surface area contributed by atoms with Crippen molar-refractivity contribution in [3.8, 4) is 5.75 Å². The summed E-state index contributed by atoms with van der Waals surface area (Å²) in [5.74, 6) is 0.554. The second-order valence-electron chi connectivity index (χ2n) is 5.96. The number of hydrogen-bond acceptors (Lipinski definition) is 5. The van der Waals surface area contributed by atoms with Gasteiger partial charge in [-0.1, -0.05) is 0 Å². The van der Waals surface area contributed by atoms with Crippen molar-refractivity contribution in [2.45, 2.75) is 12.8 Å². The van der Waals surface area contributed by atoms with E-state index in [9.17, 15) is 9.59 Å². The highest BCUT2D eigenvalue weighted by Crippen LogP contribution is 2.26. The number of fused-ring (bicyclic) bond motifs is 1. The Kier molecular flexibility index (Phi) is 5.66. The number of carbonyl (C=O) groups excluding carboxylic acids is 2. The predicted molar refractivity (Wildman–Crippen MR) is 89.2 cm³/mol. The number of anilines is 1. The molecule has 1 aromatic carbocycles. The van der Waals surface area contributed by atoms with Crippen molar-refractivity contribution < 1.29 is 19.1 Å². The van der Waals surface area contributed by atoms with E-state index in [0.29, 0.717) is 25.1 Å². The molecule has 130 valence electrons. The van der Waals surface area contributed by atoms with Gasteiger partial charge in [-0.3, -0.25) is 14.5 Å². The summed E-state index contributed by atoms with van der Waals surface area (Å²) >= 11 is 0. The van der Waals surface area contributed by atoms with Gasteiger partial charge in [-0.05, 0) is 30.2 Å². The third-order valence-corrected chi connectivity index (χ3v) is 4.20. The first-order valence-electron chi connectivity index (χ1n) is 8.33. The number of aryl methyl sites for hydroxylation is 1. The number of hydrogen-bond donors (Lipinski definition) is 2. The van der Waals surface area contributed by atoms with Crippen LogP contribution in [0, 0.1) is 0 Å². The van der Waals surface area contributed by atoms with Crippen LogP contribution in [0.3, 0.4) is 0 Å². The van der Waals surface area contributed by atoms with Crippen LogP contribution in [-0.4, -0.2) is 62.7 Å². The summed E-state index contributed by atoms with van der Waals surface area (Å²) in [6.45, 7) is 4.78. The molecule has 0 aromatic heterocycles. The highest BCUT2D eigenvalue weighted by Gasteiger charge is 2.15. The first-order valence-corrected chi connectivity index (χ1v) is 8.33. The summed E-state index contributed by atoms with van der Waals surface area (Å²) in [4.78, 5) is 25.5. The van der Waals surface area contributed by atoms with E-state index in [1.54, 1.807) is 6.07 Å². The first-order chi connectivity index (χ1) is 11.7. The van der Waals surface area contributed by atoms with E-state index in [1.807, 2.05) is 12.1 Å². The molecular formula is C17H23N3O4. The number of morpholine rings is 1. The Bertz CT molecular complexity index is 599. The van der Waals surface area contributed by atoms with Crippen molar-refractivity contribution in [1.29, 1.82) is 0 Å². The molecule has 2 heterocycles. The Balaban J connectivity index is 1.39. The van der Waals surface area contributed by atoms with Gasteiger partial charge in [0.05, 0.1) is 13.2 Å². The standard InChI is InChI=1S/C17H23N3O4/c21-16-4-1-13-11-14(2-3-15(13)19-16)24-12-17(22)18-5-6-20-7-9-23-10-8-20/h2-3,11H,1,4-10,12H2,(H,18,22)(H,19,21). The minimum atomic E-state index is -0.130. The number of carbonyl (C=O) groups is 2. The molecule has 0 radical (unpaired) electrons. The van der Waals surface area contributed by atoms with Gasteiger partial charge in [-0.15, -0.1) is 0 Å². The largest absolute Gasteiger partial charge is 0.484 e. The zero-order valence-electron chi connectivity index (χ0n) is 13.7. The molecular weight excluding hydrogens is 310 g/mol. The van der Waals surface area contributed by atoms with Gasteiger partial charge in [-0.2, -0.15) is 0 Å². The lowest BCUT2D eigenvalue weighted by Gasteiger charge is -2.26. The van der Waals surface area contributed by atoms with Gasteiger partial charge in [0, 0.05) is 38.3 Å². The van der Waals surface area contributed by atoms with Crippen molar-refractivity contribution in [3.63, 3.8) is 0 Å². The molecule has 2 aliphatic heterocycles. The number of nitrogens with zero attached hydrogens (tertiary/aromatic N) is 1. The molecule has 24 heavy (non-hydrogen) atoms. The van der Waals surface area contributed by atoms with Crippen LogP contribution in [0.15, 0.2) is 18.2 Å². The summed E-state index contributed by atoms with van der Waals surface area (Å²) in [6.07, 6.45) is 1.18. The molecule has 0 bridgehead atoms. The van der Waals surface area contributed by atoms with Gasteiger partial charge < -0.3 is 20.1 Å². The molecule has 0 spiro atoms. The van der Waals surface area contributed by atoms with Crippen molar-refractivity contribution in [2.75, 3.05) is 51.3 Å². The fourth-order valence-corrected chi connectivity index (χ4v) is 2.83. The molecule has 0 atom stereocenters. The van der Waals surface area contributed by atoms with Crippen LogP contribution in [0.2, 0.25) is 0 Å². The zero-order chi connectivity index (χ0) is 16.8. The predicted octanol–water partition coefficient (Wildman–Crippen LogP) is 0.399. The number of rotatable bonds is 6. The lowest BCUT2D eigenvalue weighted by Crippen LogP contribution is -2.42. The molecule has 7 heteroatoms. The number of benzene rings is 1. The van der Waals surface area contributed by atoms with Gasteiger partial charge in [0.15, 0.2) is 6.61 Å². The third kappa shape index (κ3) is 4.69. The van der Waals surface area contributed by atoms with Crippen LogP contribution in [0.4, 0.5) is 5.69 Å². The van der Waals surface area contributed by atoms with E-state index >= 15 is 0 Å². The topological polar surface area (TPSA) is 79.9 Å². The van der Waals surface area contributed by atoms with E-state index < -0.39 is 0 Å². The van der Waals surface area contributed by atoms with Gasteiger partial charge >= 0.3 is 0 Å². The van der Waals surface area contributed by atoms with Crippen LogP contribution in [0.1, 0.15) is 12.0 Å². The minimum Gasteiger partial charge on any atom is -0.484 e.